The van der Waals surface area contributed by atoms with Gasteiger partial charge in [0, 0.05) is 35.0 Å². The zero-order valence-corrected chi connectivity index (χ0v) is 22.6. The van der Waals surface area contributed by atoms with Gasteiger partial charge in [-0.3, -0.25) is 9.71 Å². The fourth-order valence-corrected chi connectivity index (χ4v) is 6.77. The molecule has 5 rings (SSSR count). The minimum atomic E-state index is -3.35. The van der Waals surface area contributed by atoms with Crippen LogP contribution in [0.3, 0.4) is 0 Å². The lowest BCUT2D eigenvalue weighted by Crippen LogP contribution is -2.29. The van der Waals surface area contributed by atoms with Gasteiger partial charge in [0.1, 0.15) is 0 Å². The predicted octanol–water partition coefficient (Wildman–Crippen LogP) is 5.55. The number of rotatable bonds is 6. The van der Waals surface area contributed by atoms with Crippen molar-refractivity contribution in [1.82, 2.24) is 14.9 Å². The maximum atomic E-state index is 11.7. The van der Waals surface area contributed by atoms with Crippen LogP contribution in [0.2, 0.25) is 0 Å². The summed E-state index contributed by atoms with van der Waals surface area (Å²) >= 11 is 5.87. The van der Waals surface area contributed by atoms with Crippen molar-refractivity contribution in [2.75, 3.05) is 15.9 Å². The summed E-state index contributed by atoms with van der Waals surface area (Å²) in [4.78, 5) is 6.81. The second kappa shape index (κ2) is 9.86. The zero-order valence-electron chi connectivity index (χ0n) is 20.9. The van der Waals surface area contributed by atoms with E-state index in [1.165, 1.54) is 49.1 Å². The van der Waals surface area contributed by atoms with Crippen molar-refractivity contribution < 1.29 is 8.42 Å². The quantitative estimate of drug-likeness (QED) is 0.412. The fourth-order valence-electron chi connectivity index (χ4n) is 5.86. The van der Waals surface area contributed by atoms with Crippen molar-refractivity contribution in [3.63, 3.8) is 0 Å². The van der Waals surface area contributed by atoms with Crippen molar-refractivity contribution in [3.05, 3.63) is 77.4 Å². The van der Waals surface area contributed by atoms with Crippen LogP contribution in [0.15, 0.2) is 54.7 Å². The van der Waals surface area contributed by atoms with Crippen LogP contribution in [0.5, 0.6) is 0 Å². The Morgan fingerprint density at radius 1 is 1.06 bits per heavy atom. The highest BCUT2D eigenvalue weighted by molar-refractivity contribution is 7.92. The molecule has 2 fully saturated rings. The first-order valence-electron chi connectivity index (χ1n) is 12.5. The van der Waals surface area contributed by atoms with E-state index in [-0.39, 0.29) is 12.1 Å². The van der Waals surface area contributed by atoms with Crippen molar-refractivity contribution in [1.29, 1.82) is 0 Å². The Kier molecular flexibility index (Phi) is 6.78. The first-order valence-corrected chi connectivity index (χ1v) is 14.8. The van der Waals surface area contributed by atoms with Crippen LogP contribution in [0, 0.1) is 13.8 Å². The number of sulfonamides is 1. The Labute approximate surface area is 219 Å². The first kappa shape index (κ1) is 24.8. The molecule has 0 radical (unpaired) electrons. The molecule has 0 spiro atoms. The molecule has 1 saturated carbocycles. The summed E-state index contributed by atoms with van der Waals surface area (Å²) < 4.78 is 28.4. The van der Waals surface area contributed by atoms with Crippen LogP contribution < -0.4 is 14.9 Å². The maximum Gasteiger partial charge on any atom is 0.229 e. The molecule has 0 bridgehead atoms. The standard InChI is InChI=1S/C27H33N5O2S2/c1-18-17-23(19(2)31(18)21-9-5-4-6-10-21)26-25(24-11-7-8-16-28-24)29-27(35)32(26)22-14-12-20(13-15-22)30-36(3,33)34/h7-8,11-17,21,25-26,30H,4-6,9-10H2,1-3H3,(H,29,35). The van der Waals surface area contributed by atoms with Gasteiger partial charge in [-0.15, -0.1) is 0 Å². The second-order valence-corrected chi connectivity index (χ2v) is 12.0. The maximum absolute atomic E-state index is 11.7. The normalized spacial score (nSPS) is 21.0. The topological polar surface area (TPSA) is 79.3 Å². The molecular formula is C27H33N5O2S2. The van der Waals surface area contributed by atoms with Gasteiger partial charge >= 0.3 is 0 Å². The highest BCUT2D eigenvalue weighted by atomic mass is 32.2. The second-order valence-electron chi connectivity index (χ2n) is 9.91. The number of aromatic nitrogens is 2. The Morgan fingerprint density at radius 2 is 1.78 bits per heavy atom. The van der Waals surface area contributed by atoms with Crippen LogP contribution in [-0.4, -0.2) is 29.3 Å². The highest BCUT2D eigenvalue weighted by Gasteiger charge is 2.42. The molecule has 0 amide bonds. The number of pyridine rings is 1. The molecular weight excluding hydrogens is 490 g/mol. The van der Waals surface area contributed by atoms with E-state index in [4.69, 9.17) is 12.2 Å². The summed E-state index contributed by atoms with van der Waals surface area (Å²) in [5, 5.41) is 4.16. The number of anilines is 2. The van der Waals surface area contributed by atoms with Gasteiger partial charge in [0.05, 0.1) is 24.0 Å². The Bertz CT molecular complexity index is 1350. The Hall–Kier alpha value is -2.91. The highest BCUT2D eigenvalue weighted by Crippen LogP contribution is 2.44. The third kappa shape index (κ3) is 4.86. The van der Waals surface area contributed by atoms with Crippen molar-refractivity contribution in [2.45, 2.75) is 64.1 Å². The summed E-state index contributed by atoms with van der Waals surface area (Å²) in [6.07, 6.45) is 9.29. The zero-order chi connectivity index (χ0) is 25.4. The minimum absolute atomic E-state index is 0.0929. The lowest BCUT2D eigenvalue weighted by Gasteiger charge is -2.30. The number of thiocarbonyl (C=S) groups is 1. The van der Waals surface area contributed by atoms with E-state index >= 15 is 0 Å². The molecule has 2 unspecified atom stereocenters. The number of benzene rings is 1. The summed E-state index contributed by atoms with van der Waals surface area (Å²) in [7, 11) is -3.35. The molecule has 36 heavy (non-hydrogen) atoms. The molecule has 2 atom stereocenters. The van der Waals surface area contributed by atoms with Crippen LogP contribution in [0.4, 0.5) is 11.4 Å². The molecule has 3 heterocycles. The molecule has 2 aliphatic rings. The smallest absolute Gasteiger partial charge is 0.229 e. The molecule has 1 aromatic carbocycles. The monoisotopic (exact) mass is 523 g/mol. The molecule has 2 aromatic heterocycles. The molecule has 7 nitrogen and oxygen atoms in total. The summed E-state index contributed by atoms with van der Waals surface area (Å²) in [5.41, 5.74) is 6.14. The van der Waals surface area contributed by atoms with E-state index in [0.29, 0.717) is 16.8 Å². The Balaban J connectivity index is 1.58. The lowest BCUT2D eigenvalue weighted by atomic mass is 9.94. The molecule has 190 valence electrons. The van der Waals surface area contributed by atoms with Crippen LogP contribution in [0.25, 0.3) is 0 Å². The SMILES string of the molecule is Cc1cc(C2C(c3ccccn3)NC(=S)N2c2ccc(NS(C)(=O)=O)cc2)c(C)n1C1CCCCC1. The van der Waals surface area contributed by atoms with Gasteiger partial charge in [0.15, 0.2) is 5.11 Å². The van der Waals surface area contributed by atoms with Gasteiger partial charge < -0.3 is 14.8 Å². The van der Waals surface area contributed by atoms with Gasteiger partial charge in [-0.2, -0.15) is 0 Å². The molecule has 3 aromatic rings. The van der Waals surface area contributed by atoms with E-state index in [1.807, 2.05) is 36.5 Å². The van der Waals surface area contributed by atoms with E-state index in [0.717, 1.165) is 17.6 Å². The lowest BCUT2D eigenvalue weighted by molar-refractivity contribution is 0.345. The largest absolute Gasteiger partial charge is 0.351 e. The van der Waals surface area contributed by atoms with E-state index in [9.17, 15) is 8.42 Å². The molecule has 1 saturated heterocycles. The van der Waals surface area contributed by atoms with Crippen molar-refractivity contribution in [2.24, 2.45) is 0 Å². The number of aryl methyl sites for hydroxylation is 1. The van der Waals surface area contributed by atoms with Gasteiger partial charge in [-0.25, -0.2) is 8.42 Å². The number of nitrogens with zero attached hydrogens (tertiary/aromatic N) is 3. The average Bonchev–Trinajstić information content (AvgIpc) is 3.35. The van der Waals surface area contributed by atoms with Gasteiger partial charge in [-0.1, -0.05) is 25.3 Å². The summed E-state index contributed by atoms with van der Waals surface area (Å²) in [5.74, 6) is 0. The van der Waals surface area contributed by atoms with Gasteiger partial charge in [-0.05, 0) is 86.9 Å². The molecule has 9 heteroatoms. The number of hydrogen-bond donors (Lipinski definition) is 2. The molecule has 2 N–H and O–H groups in total. The minimum Gasteiger partial charge on any atom is -0.351 e. The number of hydrogen-bond acceptors (Lipinski definition) is 4. The molecule has 1 aliphatic heterocycles. The number of nitrogens with one attached hydrogen (secondary N) is 2. The van der Waals surface area contributed by atoms with E-state index in [1.54, 1.807) is 12.1 Å². The molecule has 1 aliphatic carbocycles. The first-order chi connectivity index (χ1) is 17.2. The summed E-state index contributed by atoms with van der Waals surface area (Å²) in [6.45, 7) is 4.43. The van der Waals surface area contributed by atoms with Gasteiger partial charge in [0.2, 0.25) is 10.0 Å². The van der Waals surface area contributed by atoms with Crippen molar-refractivity contribution in [3.8, 4) is 0 Å². The van der Waals surface area contributed by atoms with Crippen LogP contribution in [-0.2, 0) is 10.0 Å². The van der Waals surface area contributed by atoms with Gasteiger partial charge in [0.25, 0.3) is 0 Å². The van der Waals surface area contributed by atoms with Crippen LogP contribution >= 0.6 is 12.2 Å². The third-order valence-electron chi connectivity index (χ3n) is 7.33. The Morgan fingerprint density at radius 3 is 2.42 bits per heavy atom. The summed E-state index contributed by atoms with van der Waals surface area (Å²) in [6, 6.07) is 16.0. The van der Waals surface area contributed by atoms with E-state index in [2.05, 4.69) is 44.4 Å². The van der Waals surface area contributed by atoms with Crippen LogP contribution in [0.1, 0.15) is 72.9 Å². The third-order valence-corrected chi connectivity index (χ3v) is 8.25. The fraction of sp³-hybridized carbons (Fsp3) is 0.407. The van der Waals surface area contributed by atoms with Crippen molar-refractivity contribution >= 4 is 38.7 Å². The average molecular weight is 524 g/mol. The predicted molar refractivity (Wildman–Crippen MR) is 149 cm³/mol. The van der Waals surface area contributed by atoms with E-state index < -0.39 is 10.0 Å².